The highest BCUT2D eigenvalue weighted by Gasteiger charge is 2.37. The van der Waals surface area contributed by atoms with Crippen LogP contribution in [0, 0.1) is 0 Å². The van der Waals surface area contributed by atoms with Gasteiger partial charge in [-0.15, -0.1) is 0 Å². The van der Waals surface area contributed by atoms with Crippen LogP contribution in [0.5, 0.6) is 0 Å². The van der Waals surface area contributed by atoms with Gasteiger partial charge in [-0.3, -0.25) is 14.2 Å². The van der Waals surface area contributed by atoms with Gasteiger partial charge in [0, 0.05) is 6.54 Å². The average Bonchev–Trinajstić information content (AvgIpc) is 2.68. The molecule has 1 unspecified atom stereocenters. The molecular formula is C20H18F3N3O2. The monoisotopic (exact) mass is 389 g/mol. The van der Waals surface area contributed by atoms with Gasteiger partial charge in [0.2, 0.25) is 11.6 Å². The Hall–Kier alpha value is -3.16. The maximum Gasteiger partial charge on any atom is 0.438 e. The third-order valence-electron chi connectivity index (χ3n) is 4.40. The third-order valence-corrected chi connectivity index (χ3v) is 4.40. The second kappa shape index (κ2) is 7.84. The summed E-state index contributed by atoms with van der Waals surface area (Å²) in [6.07, 6.45) is -4.90. The van der Waals surface area contributed by atoms with Gasteiger partial charge in [-0.1, -0.05) is 49.4 Å². The summed E-state index contributed by atoms with van der Waals surface area (Å²) in [5.41, 5.74) is -1.67. The zero-order valence-electron chi connectivity index (χ0n) is 15.0. The fourth-order valence-electron chi connectivity index (χ4n) is 2.90. The highest BCUT2D eigenvalue weighted by Crippen LogP contribution is 2.26. The Morgan fingerprint density at radius 3 is 2.43 bits per heavy atom. The third kappa shape index (κ3) is 4.21. The number of hydrogen-bond donors (Lipinski definition) is 1. The summed E-state index contributed by atoms with van der Waals surface area (Å²) in [5, 5.41) is 2.68. The van der Waals surface area contributed by atoms with Gasteiger partial charge < -0.3 is 5.32 Å². The van der Waals surface area contributed by atoms with Crippen LogP contribution in [0.1, 0.15) is 24.1 Å². The molecule has 1 N–H and O–H groups in total. The minimum absolute atomic E-state index is 0.000112. The van der Waals surface area contributed by atoms with Gasteiger partial charge in [0.25, 0.3) is 5.56 Å². The molecular weight excluding hydrogens is 371 g/mol. The van der Waals surface area contributed by atoms with Crippen molar-refractivity contribution in [3.8, 4) is 0 Å². The van der Waals surface area contributed by atoms with Crippen LogP contribution < -0.4 is 10.9 Å². The maximum absolute atomic E-state index is 13.2. The topological polar surface area (TPSA) is 64.0 Å². The Kier molecular flexibility index (Phi) is 5.48. The maximum atomic E-state index is 13.2. The summed E-state index contributed by atoms with van der Waals surface area (Å²) in [5.74, 6) is -0.531. The molecule has 0 aliphatic carbocycles. The van der Waals surface area contributed by atoms with E-state index in [2.05, 4.69) is 10.3 Å². The van der Waals surface area contributed by atoms with Crippen LogP contribution in [0.3, 0.4) is 0 Å². The smallest absolute Gasteiger partial charge is 0.354 e. The Morgan fingerprint density at radius 1 is 1.11 bits per heavy atom. The van der Waals surface area contributed by atoms with Crippen molar-refractivity contribution < 1.29 is 18.0 Å². The standard InChI is InChI=1S/C20H18F3N3O2/c1-13(14-7-3-2-4-8-14)11-24-17(27)12-26-16-10-6-5-9-15(16)25-18(19(26)28)20(21,22)23/h2-10,13H,11-12H2,1H3,(H,24,27). The lowest BCUT2D eigenvalue weighted by molar-refractivity contribution is -0.142. The minimum atomic E-state index is -4.90. The second-order valence-corrected chi connectivity index (χ2v) is 6.45. The number of fused-ring (bicyclic) bond motifs is 1. The van der Waals surface area contributed by atoms with Crippen molar-refractivity contribution in [1.29, 1.82) is 0 Å². The first-order chi connectivity index (χ1) is 13.3. The Bertz CT molecular complexity index is 1050. The molecule has 0 saturated heterocycles. The molecule has 0 radical (unpaired) electrons. The zero-order chi connectivity index (χ0) is 20.3. The van der Waals surface area contributed by atoms with E-state index in [4.69, 9.17) is 0 Å². The number of carbonyl (C=O) groups is 1. The van der Waals surface area contributed by atoms with E-state index >= 15 is 0 Å². The molecule has 3 rings (SSSR count). The predicted molar refractivity (Wildman–Crippen MR) is 98.9 cm³/mol. The Morgan fingerprint density at radius 2 is 1.75 bits per heavy atom. The number of carbonyl (C=O) groups excluding carboxylic acids is 1. The molecule has 28 heavy (non-hydrogen) atoms. The Balaban J connectivity index is 1.84. The van der Waals surface area contributed by atoms with E-state index < -0.39 is 29.9 Å². The largest absolute Gasteiger partial charge is 0.438 e. The highest BCUT2D eigenvalue weighted by atomic mass is 19.4. The molecule has 146 valence electrons. The number of halogens is 3. The molecule has 1 aromatic heterocycles. The molecule has 2 aromatic carbocycles. The van der Waals surface area contributed by atoms with Crippen molar-refractivity contribution in [1.82, 2.24) is 14.9 Å². The fourth-order valence-corrected chi connectivity index (χ4v) is 2.90. The number of benzene rings is 2. The number of rotatable bonds is 5. The van der Waals surface area contributed by atoms with Gasteiger partial charge in [-0.05, 0) is 23.6 Å². The van der Waals surface area contributed by atoms with Crippen LogP contribution in [0.4, 0.5) is 13.2 Å². The van der Waals surface area contributed by atoms with E-state index in [1.54, 1.807) is 6.07 Å². The molecule has 0 saturated carbocycles. The lowest BCUT2D eigenvalue weighted by Crippen LogP contribution is -2.37. The van der Waals surface area contributed by atoms with Crippen molar-refractivity contribution in [2.75, 3.05) is 6.54 Å². The molecule has 0 aliphatic rings. The molecule has 3 aromatic rings. The number of alkyl halides is 3. The van der Waals surface area contributed by atoms with E-state index in [1.165, 1.54) is 18.2 Å². The first kappa shape index (κ1) is 19.6. The van der Waals surface area contributed by atoms with E-state index in [0.29, 0.717) is 6.54 Å². The summed E-state index contributed by atoms with van der Waals surface area (Å²) in [6.45, 7) is 1.70. The normalized spacial score (nSPS) is 12.7. The van der Waals surface area contributed by atoms with Crippen molar-refractivity contribution in [3.63, 3.8) is 0 Å². The van der Waals surface area contributed by atoms with E-state index in [0.717, 1.165) is 10.1 Å². The Labute approximate surface area is 158 Å². The lowest BCUT2D eigenvalue weighted by atomic mass is 10.0. The van der Waals surface area contributed by atoms with Crippen molar-refractivity contribution in [3.05, 3.63) is 76.2 Å². The van der Waals surface area contributed by atoms with E-state index in [9.17, 15) is 22.8 Å². The quantitative estimate of drug-likeness (QED) is 0.728. The lowest BCUT2D eigenvalue weighted by Gasteiger charge is -2.15. The first-order valence-electron chi connectivity index (χ1n) is 8.66. The second-order valence-electron chi connectivity index (χ2n) is 6.45. The minimum Gasteiger partial charge on any atom is -0.354 e. The van der Waals surface area contributed by atoms with Gasteiger partial charge >= 0.3 is 6.18 Å². The molecule has 1 amide bonds. The van der Waals surface area contributed by atoms with Gasteiger partial charge in [0.15, 0.2) is 0 Å². The van der Waals surface area contributed by atoms with Crippen LogP contribution in [-0.2, 0) is 17.5 Å². The van der Waals surface area contributed by atoms with Gasteiger partial charge in [0.1, 0.15) is 6.54 Å². The van der Waals surface area contributed by atoms with Crippen molar-refractivity contribution >= 4 is 16.9 Å². The van der Waals surface area contributed by atoms with E-state index in [1.807, 2.05) is 37.3 Å². The van der Waals surface area contributed by atoms with Crippen LogP contribution in [-0.4, -0.2) is 22.0 Å². The van der Waals surface area contributed by atoms with Crippen LogP contribution in [0.15, 0.2) is 59.4 Å². The molecule has 5 nitrogen and oxygen atoms in total. The van der Waals surface area contributed by atoms with Crippen molar-refractivity contribution in [2.45, 2.75) is 25.6 Å². The molecule has 8 heteroatoms. The number of nitrogens with one attached hydrogen (secondary N) is 1. The van der Waals surface area contributed by atoms with Crippen LogP contribution in [0.2, 0.25) is 0 Å². The number of amides is 1. The van der Waals surface area contributed by atoms with Gasteiger partial charge in [0.05, 0.1) is 11.0 Å². The van der Waals surface area contributed by atoms with Gasteiger partial charge in [-0.2, -0.15) is 13.2 Å². The molecule has 0 bridgehead atoms. The molecule has 0 spiro atoms. The number of hydrogen-bond acceptors (Lipinski definition) is 3. The number of para-hydroxylation sites is 2. The highest BCUT2D eigenvalue weighted by molar-refractivity contribution is 5.80. The summed E-state index contributed by atoms with van der Waals surface area (Å²) in [4.78, 5) is 28.1. The predicted octanol–water partition coefficient (Wildman–Crippen LogP) is 3.34. The summed E-state index contributed by atoms with van der Waals surface area (Å²) in [6, 6.07) is 15.4. The number of aromatic nitrogens is 2. The first-order valence-corrected chi connectivity index (χ1v) is 8.66. The molecule has 0 aliphatic heterocycles. The van der Waals surface area contributed by atoms with Gasteiger partial charge in [-0.25, -0.2) is 4.98 Å². The van der Waals surface area contributed by atoms with E-state index in [-0.39, 0.29) is 17.0 Å². The van der Waals surface area contributed by atoms with Crippen LogP contribution in [0.25, 0.3) is 11.0 Å². The molecule has 1 heterocycles. The SMILES string of the molecule is CC(CNC(=O)Cn1c(=O)c(C(F)(F)F)nc2ccccc21)c1ccccc1. The molecule has 1 atom stereocenters. The van der Waals surface area contributed by atoms with Crippen LogP contribution >= 0.6 is 0 Å². The number of nitrogens with zero attached hydrogens (tertiary/aromatic N) is 2. The summed E-state index contributed by atoms with van der Waals surface area (Å²) >= 11 is 0. The molecule has 0 fully saturated rings. The summed E-state index contributed by atoms with van der Waals surface area (Å²) in [7, 11) is 0. The summed E-state index contributed by atoms with van der Waals surface area (Å²) < 4.78 is 40.3. The van der Waals surface area contributed by atoms with Crippen molar-refractivity contribution in [2.24, 2.45) is 0 Å². The fraction of sp³-hybridized carbons (Fsp3) is 0.250. The average molecular weight is 389 g/mol. The zero-order valence-corrected chi connectivity index (χ0v) is 15.0.